The van der Waals surface area contributed by atoms with Gasteiger partial charge in [0, 0.05) is 39.3 Å². The van der Waals surface area contributed by atoms with Crippen LogP contribution < -0.4 is 9.62 Å². The maximum atomic E-state index is 13.7. The first-order valence-corrected chi connectivity index (χ1v) is 7.63. The number of nitrogens with one attached hydrogen (secondary N) is 1. The van der Waals surface area contributed by atoms with Gasteiger partial charge in [-0.3, -0.25) is 0 Å². The largest absolute Gasteiger partial charge is 0.368 e. The van der Waals surface area contributed by atoms with Crippen LogP contribution in [0.25, 0.3) is 0 Å². The van der Waals surface area contributed by atoms with Crippen LogP contribution >= 0.6 is 0 Å². The third-order valence-electron chi connectivity index (χ3n) is 3.23. The van der Waals surface area contributed by atoms with Crippen molar-refractivity contribution in [1.29, 1.82) is 0 Å². The van der Waals surface area contributed by atoms with E-state index >= 15 is 0 Å². The van der Waals surface area contributed by atoms with Crippen molar-refractivity contribution in [2.24, 2.45) is 0 Å². The van der Waals surface area contributed by atoms with Gasteiger partial charge in [0.05, 0.1) is 5.69 Å². The van der Waals surface area contributed by atoms with Gasteiger partial charge in [-0.15, -0.1) is 0 Å². The van der Waals surface area contributed by atoms with Crippen LogP contribution in [0.1, 0.15) is 6.42 Å². The second-order valence-corrected chi connectivity index (χ2v) is 6.85. The molecule has 1 saturated heterocycles. The van der Waals surface area contributed by atoms with Gasteiger partial charge >= 0.3 is 0 Å². The van der Waals surface area contributed by atoms with Gasteiger partial charge in [0.25, 0.3) is 10.2 Å². The van der Waals surface area contributed by atoms with Crippen LogP contribution in [0.5, 0.6) is 0 Å². The smallest absolute Gasteiger partial charge is 0.279 e. The number of rotatable bonds is 4. The molecule has 1 aromatic carbocycles. The molecule has 1 heterocycles. The van der Waals surface area contributed by atoms with Gasteiger partial charge in [-0.25, -0.2) is 8.78 Å². The molecule has 0 bridgehead atoms. The molecule has 1 atom stereocenters. The number of hydrogen-bond donors (Lipinski definition) is 1. The standard InChI is InChI=1S/C12H17F2N3O2S/c1-16(2)20(18,19)15-10-5-6-17(8-10)12-4-3-9(13)7-11(12)14/h3-4,7,10,15H,5-6,8H2,1-2H3/t10-/m0/s1. The SMILES string of the molecule is CN(C)S(=O)(=O)N[C@H]1CCN(c2ccc(F)cc2F)C1. The van der Waals surface area contributed by atoms with Crippen LogP contribution in [-0.4, -0.2) is 45.9 Å². The average Bonchev–Trinajstić information content (AvgIpc) is 2.76. The highest BCUT2D eigenvalue weighted by atomic mass is 32.2. The minimum atomic E-state index is -3.50. The van der Waals surface area contributed by atoms with Gasteiger partial charge in [0.2, 0.25) is 0 Å². The van der Waals surface area contributed by atoms with Crippen LogP contribution in [-0.2, 0) is 10.2 Å². The zero-order valence-electron chi connectivity index (χ0n) is 11.3. The topological polar surface area (TPSA) is 52.7 Å². The molecule has 0 spiro atoms. The van der Waals surface area contributed by atoms with Crippen LogP contribution in [0.3, 0.4) is 0 Å². The Morgan fingerprint density at radius 3 is 2.65 bits per heavy atom. The maximum absolute atomic E-state index is 13.7. The van der Waals surface area contributed by atoms with Crippen LogP contribution in [0.15, 0.2) is 18.2 Å². The lowest BCUT2D eigenvalue weighted by molar-refractivity contribution is 0.491. The van der Waals surface area contributed by atoms with Crippen molar-refractivity contribution in [1.82, 2.24) is 9.03 Å². The Balaban J connectivity index is 2.06. The molecule has 0 aliphatic carbocycles. The molecule has 5 nitrogen and oxygen atoms in total. The minimum absolute atomic E-state index is 0.285. The maximum Gasteiger partial charge on any atom is 0.279 e. The second kappa shape index (κ2) is 5.63. The lowest BCUT2D eigenvalue weighted by Gasteiger charge is -2.20. The van der Waals surface area contributed by atoms with Crippen molar-refractivity contribution in [2.75, 3.05) is 32.1 Å². The first kappa shape index (κ1) is 15.1. The number of hydrogen-bond acceptors (Lipinski definition) is 3. The summed E-state index contributed by atoms with van der Waals surface area (Å²) in [6.07, 6.45) is 0.573. The highest BCUT2D eigenvalue weighted by Gasteiger charge is 2.28. The van der Waals surface area contributed by atoms with Crippen LogP contribution in [0.2, 0.25) is 0 Å². The summed E-state index contributed by atoms with van der Waals surface area (Å²) in [7, 11) is -0.623. The predicted octanol–water partition coefficient (Wildman–Crippen LogP) is 0.940. The first-order valence-electron chi connectivity index (χ1n) is 6.19. The summed E-state index contributed by atoms with van der Waals surface area (Å²) in [4.78, 5) is 1.71. The number of nitrogens with zero attached hydrogens (tertiary/aromatic N) is 2. The molecule has 1 aliphatic rings. The summed E-state index contributed by atoms with van der Waals surface area (Å²) in [6, 6.07) is 3.10. The van der Waals surface area contributed by atoms with E-state index in [-0.39, 0.29) is 11.7 Å². The van der Waals surface area contributed by atoms with Crippen molar-refractivity contribution in [2.45, 2.75) is 12.5 Å². The Labute approximate surface area is 117 Å². The molecule has 0 aromatic heterocycles. The van der Waals surface area contributed by atoms with Gasteiger partial charge in [-0.05, 0) is 18.6 Å². The quantitative estimate of drug-likeness (QED) is 0.901. The van der Waals surface area contributed by atoms with Gasteiger partial charge in [-0.1, -0.05) is 0 Å². The highest BCUT2D eigenvalue weighted by molar-refractivity contribution is 7.87. The molecule has 0 saturated carbocycles. The van der Waals surface area contributed by atoms with E-state index in [0.29, 0.717) is 19.5 Å². The number of anilines is 1. The van der Waals surface area contributed by atoms with E-state index in [0.717, 1.165) is 10.4 Å². The van der Waals surface area contributed by atoms with E-state index in [1.807, 2.05) is 0 Å². The molecule has 1 N–H and O–H groups in total. The summed E-state index contributed by atoms with van der Waals surface area (Å²) in [5.41, 5.74) is 0.290. The van der Waals surface area contributed by atoms with Gasteiger partial charge < -0.3 is 4.90 Å². The van der Waals surface area contributed by atoms with Crippen molar-refractivity contribution in [3.8, 4) is 0 Å². The molecule has 2 rings (SSSR count). The number of benzene rings is 1. The van der Waals surface area contributed by atoms with Crippen molar-refractivity contribution < 1.29 is 17.2 Å². The van der Waals surface area contributed by atoms with E-state index in [9.17, 15) is 17.2 Å². The van der Waals surface area contributed by atoms with E-state index < -0.39 is 21.8 Å². The van der Waals surface area contributed by atoms with Crippen molar-refractivity contribution in [3.63, 3.8) is 0 Å². The van der Waals surface area contributed by atoms with Crippen LogP contribution in [0, 0.1) is 11.6 Å². The average molecular weight is 305 g/mol. The summed E-state index contributed by atoms with van der Waals surface area (Å²) in [6.45, 7) is 0.874. The molecule has 0 unspecified atom stereocenters. The fourth-order valence-corrected chi connectivity index (χ4v) is 2.95. The molecular weight excluding hydrogens is 288 g/mol. The third-order valence-corrected chi connectivity index (χ3v) is 4.83. The molecule has 1 aromatic rings. The van der Waals surface area contributed by atoms with E-state index in [1.165, 1.54) is 26.2 Å². The molecular formula is C12H17F2N3O2S. The fraction of sp³-hybridized carbons (Fsp3) is 0.500. The summed E-state index contributed by atoms with van der Waals surface area (Å²) in [5.74, 6) is -1.27. The van der Waals surface area contributed by atoms with Gasteiger partial charge in [0.15, 0.2) is 0 Å². The zero-order valence-corrected chi connectivity index (χ0v) is 12.1. The lowest BCUT2D eigenvalue weighted by atomic mass is 10.2. The summed E-state index contributed by atoms with van der Waals surface area (Å²) in [5, 5.41) is 0. The van der Waals surface area contributed by atoms with Crippen molar-refractivity contribution >= 4 is 15.9 Å². The van der Waals surface area contributed by atoms with E-state index in [4.69, 9.17) is 0 Å². The molecule has 20 heavy (non-hydrogen) atoms. The first-order chi connectivity index (χ1) is 9.29. The Kier molecular flexibility index (Phi) is 4.26. The van der Waals surface area contributed by atoms with Crippen molar-refractivity contribution in [3.05, 3.63) is 29.8 Å². The van der Waals surface area contributed by atoms with Gasteiger partial charge in [0.1, 0.15) is 11.6 Å². The molecule has 0 amide bonds. The predicted molar refractivity (Wildman–Crippen MR) is 72.7 cm³/mol. The Morgan fingerprint density at radius 2 is 2.05 bits per heavy atom. The summed E-state index contributed by atoms with van der Waals surface area (Å²) < 4.78 is 53.6. The summed E-state index contributed by atoms with van der Waals surface area (Å²) >= 11 is 0. The normalized spacial score (nSPS) is 19.9. The molecule has 1 fully saturated rings. The Morgan fingerprint density at radius 1 is 1.35 bits per heavy atom. The monoisotopic (exact) mass is 305 g/mol. The molecule has 1 aliphatic heterocycles. The second-order valence-electron chi connectivity index (χ2n) is 4.93. The minimum Gasteiger partial charge on any atom is -0.368 e. The van der Waals surface area contributed by atoms with E-state index in [2.05, 4.69) is 4.72 Å². The fourth-order valence-electron chi connectivity index (χ4n) is 2.13. The van der Waals surface area contributed by atoms with Crippen LogP contribution in [0.4, 0.5) is 14.5 Å². The molecule has 0 radical (unpaired) electrons. The zero-order chi connectivity index (χ0) is 14.9. The molecule has 8 heteroatoms. The third kappa shape index (κ3) is 3.25. The van der Waals surface area contributed by atoms with Gasteiger partial charge in [-0.2, -0.15) is 17.4 Å². The van der Waals surface area contributed by atoms with E-state index in [1.54, 1.807) is 4.90 Å². The Hall–Kier alpha value is -1.25. The number of halogens is 2. The highest BCUT2D eigenvalue weighted by Crippen LogP contribution is 2.24. The Bertz CT molecular complexity index is 592. The lowest BCUT2D eigenvalue weighted by Crippen LogP contribution is -2.43. The molecule has 112 valence electrons.